The van der Waals surface area contributed by atoms with E-state index in [4.69, 9.17) is 5.26 Å². The number of alkyl halides is 3. The maximum atomic E-state index is 12.5. The molecule has 74 valence electrons. The van der Waals surface area contributed by atoms with Gasteiger partial charge >= 0.3 is 0 Å². The zero-order chi connectivity index (χ0) is 10.7. The van der Waals surface area contributed by atoms with Crippen LogP contribution in [0.4, 0.5) is 8.78 Å². The van der Waals surface area contributed by atoms with Crippen molar-refractivity contribution >= 4 is 15.9 Å². The molecule has 6 heteroatoms. The monoisotopic (exact) mass is 262 g/mol. The Bertz CT molecular complexity index is 436. The maximum Gasteiger partial charge on any atom is 0.266 e. The summed E-state index contributed by atoms with van der Waals surface area (Å²) < 4.78 is 25.0. The summed E-state index contributed by atoms with van der Waals surface area (Å²) in [7, 11) is 0. The van der Waals surface area contributed by atoms with Crippen molar-refractivity contribution in [3.8, 4) is 6.07 Å². The molecule has 0 unspecified atom stereocenters. The SMILES string of the molecule is N#Cc1c(C(F)F)c(CBr)c[nH]c1=O. The molecular formula is C8H5BrF2N2O. The van der Waals surface area contributed by atoms with E-state index in [2.05, 4.69) is 20.9 Å². The number of nitrogens with zero attached hydrogens (tertiary/aromatic N) is 1. The molecule has 0 aliphatic rings. The highest BCUT2D eigenvalue weighted by molar-refractivity contribution is 9.08. The first-order valence-electron chi connectivity index (χ1n) is 3.60. The van der Waals surface area contributed by atoms with Crippen LogP contribution in [0.25, 0.3) is 0 Å². The fraction of sp³-hybridized carbons (Fsp3) is 0.250. The van der Waals surface area contributed by atoms with Crippen LogP contribution < -0.4 is 5.56 Å². The molecule has 14 heavy (non-hydrogen) atoms. The first-order chi connectivity index (χ1) is 6.61. The van der Waals surface area contributed by atoms with Gasteiger partial charge in [0.2, 0.25) is 0 Å². The molecule has 0 amide bonds. The molecule has 0 aliphatic carbocycles. The summed E-state index contributed by atoms with van der Waals surface area (Å²) in [6.45, 7) is 0. The molecule has 0 saturated carbocycles. The van der Waals surface area contributed by atoms with Crippen molar-refractivity contribution in [2.24, 2.45) is 0 Å². The number of halogens is 3. The van der Waals surface area contributed by atoms with Crippen molar-refractivity contribution < 1.29 is 8.78 Å². The Balaban J connectivity index is 3.54. The Labute approximate surface area is 86.5 Å². The van der Waals surface area contributed by atoms with E-state index >= 15 is 0 Å². The standard InChI is InChI=1S/C8H5BrF2N2O/c9-1-4-3-13-8(14)5(2-12)6(4)7(10)11/h3,7H,1H2,(H,13,14). The van der Waals surface area contributed by atoms with E-state index in [1.165, 1.54) is 12.3 Å². The Morgan fingerprint density at radius 1 is 1.64 bits per heavy atom. The lowest BCUT2D eigenvalue weighted by Crippen LogP contribution is -2.15. The van der Waals surface area contributed by atoms with E-state index in [-0.39, 0.29) is 10.9 Å². The molecule has 0 atom stereocenters. The summed E-state index contributed by atoms with van der Waals surface area (Å²) in [4.78, 5) is 13.2. The van der Waals surface area contributed by atoms with Crippen LogP contribution in [0.1, 0.15) is 23.1 Å². The lowest BCUT2D eigenvalue weighted by atomic mass is 10.1. The number of rotatable bonds is 2. The van der Waals surface area contributed by atoms with Crippen LogP contribution >= 0.6 is 15.9 Å². The van der Waals surface area contributed by atoms with Gasteiger partial charge in [0.05, 0.1) is 0 Å². The molecule has 0 radical (unpaired) electrons. The van der Waals surface area contributed by atoms with Crippen molar-refractivity contribution in [3.63, 3.8) is 0 Å². The molecule has 0 spiro atoms. The average molecular weight is 263 g/mol. The van der Waals surface area contributed by atoms with Gasteiger partial charge in [-0.05, 0) is 5.56 Å². The van der Waals surface area contributed by atoms with Crippen LogP contribution in [0, 0.1) is 11.3 Å². The van der Waals surface area contributed by atoms with Crippen molar-refractivity contribution in [2.75, 3.05) is 0 Å². The summed E-state index contributed by atoms with van der Waals surface area (Å²) in [5.41, 5.74) is -1.58. The van der Waals surface area contributed by atoms with Crippen molar-refractivity contribution in [1.29, 1.82) is 5.26 Å². The molecule has 1 aromatic rings. The van der Waals surface area contributed by atoms with E-state index in [0.29, 0.717) is 0 Å². The normalized spacial score (nSPS) is 10.2. The van der Waals surface area contributed by atoms with Gasteiger partial charge in [-0.1, -0.05) is 15.9 Å². The quantitative estimate of drug-likeness (QED) is 0.830. The van der Waals surface area contributed by atoms with Gasteiger partial charge in [-0.2, -0.15) is 5.26 Å². The van der Waals surface area contributed by atoms with E-state index in [1.54, 1.807) is 0 Å². The summed E-state index contributed by atoms with van der Waals surface area (Å²) in [6.07, 6.45) is -1.64. The van der Waals surface area contributed by atoms with Crippen LogP contribution in [-0.4, -0.2) is 4.98 Å². The van der Waals surface area contributed by atoms with Gasteiger partial charge in [-0.15, -0.1) is 0 Å². The van der Waals surface area contributed by atoms with Crippen LogP contribution in [0.5, 0.6) is 0 Å². The number of hydrogen-bond donors (Lipinski definition) is 1. The maximum absolute atomic E-state index is 12.5. The predicted molar refractivity (Wildman–Crippen MR) is 49.4 cm³/mol. The number of aromatic amines is 1. The van der Waals surface area contributed by atoms with Crippen LogP contribution in [0.15, 0.2) is 11.0 Å². The smallest absolute Gasteiger partial charge is 0.266 e. The number of nitrogens with one attached hydrogen (secondary N) is 1. The summed E-state index contributed by atoms with van der Waals surface area (Å²) >= 11 is 3.00. The number of pyridine rings is 1. The number of aromatic nitrogens is 1. The number of hydrogen-bond acceptors (Lipinski definition) is 2. The molecule has 1 heterocycles. The fourth-order valence-electron chi connectivity index (χ4n) is 1.06. The van der Waals surface area contributed by atoms with Gasteiger partial charge in [0, 0.05) is 17.1 Å². The van der Waals surface area contributed by atoms with Crippen LogP contribution in [-0.2, 0) is 5.33 Å². The number of nitriles is 1. The third kappa shape index (κ3) is 1.82. The Hall–Kier alpha value is -1.22. The third-order valence-corrected chi connectivity index (χ3v) is 2.30. The van der Waals surface area contributed by atoms with Gasteiger partial charge in [0.25, 0.3) is 12.0 Å². The predicted octanol–water partition coefficient (Wildman–Crippen LogP) is 2.08. The van der Waals surface area contributed by atoms with E-state index < -0.39 is 23.1 Å². The minimum absolute atomic E-state index is 0.165. The second-order valence-electron chi connectivity index (χ2n) is 2.48. The minimum Gasteiger partial charge on any atom is -0.328 e. The highest BCUT2D eigenvalue weighted by Gasteiger charge is 2.19. The van der Waals surface area contributed by atoms with Crippen LogP contribution in [0.2, 0.25) is 0 Å². The first-order valence-corrected chi connectivity index (χ1v) is 4.72. The highest BCUT2D eigenvalue weighted by Crippen LogP contribution is 2.25. The molecule has 1 N–H and O–H groups in total. The van der Waals surface area contributed by atoms with Gasteiger partial charge in [-0.25, -0.2) is 8.78 Å². The molecule has 0 fully saturated rings. The molecule has 0 aromatic carbocycles. The lowest BCUT2D eigenvalue weighted by molar-refractivity contribution is 0.150. The van der Waals surface area contributed by atoms with Gasteiger partial charge in [0.15, 0.2) is 0 Å². The molecule has 1 rings (SSSR count). The summed E-state index contributed by atoms with van der Waals surface area (Å²) in [6, 6.07) is 1.48. The first kappa shape index (κ1) is 10.9. The zero-order valence-electron chi connectivity index (χ0n) is 6.85. The number of H-pyrrole nitrogens is 1. The van der Waals surface area contributed by atoms with Gasteiger partial charge in [0.1, 0.15) is 11.6 Å². The Morgan fingerprint density at radius 3 is 2.71 bits per heavy atom. The zero-order valence-corrected chi connectivity index (χ0v) is 8.44. The second kappa shape index (κ2) is 4.33. The summed E-state index contributed by atoms with van der Waals surface area (Å²) in [5, 5.41) is 8.71. The molecule has 0 bridgehead atoms. The topological polar surface area (TPSA) is 56.6 Å². The highest BCUT2D eigenvalue weighted by atomic mass is 79.9. The second-order valence-corrected chi connectivity index (χ2v) is 3.04. The van der Waals surface area contributed by atoms with Gasteiger partial charge < -0.3 is 4.98 Å². The Morgan fingerprint density at radius 2 is 2.29 bits per heavy atom. The van der Waals surface area contributed by atoms with E-state index in [0.717, 1.165) is 0 Å². The van der Waals surface area contributed by atoms with Crippen molar-refractivity contribution in [2.45, 2.75) is 11.8 Å². The molecular weight excluding hydrogens is 258 g/mol. The average Bonchev–Trinajstić information content (AvgIpc) is 2.17. The molecule has 0 aliphatic heterocycles. The van der Waals surface area contributed by atoms with E-state index in [1.807, 2.05) is 0 Å². The van der Waals surface area contributed by atoms with E-state index in [9.17, 15) is 13.6 Å². The van der Waals surface area contributed by atoms with Gasteiger partial charge in [-0.3, -0.25) is 4.79 Å². The van der Waals surface area contributed by atoms with Crippen molar-refractivity contribution in [1.82, 2.24) is 4.98 Å². The lowest BCUT2D eigenvalue weighted by Gasteiger charge is -2.06. The molecule has 0 saturated heterocycles. The fourth-order valence-corrected chi connectivity index (χ4v) is 1.52. The molecule has 1 aromatic heterocycles. The minimum atomic E-state index is -2.82. The molecule has 3 nitrogen and oxygen atoms in total. The van der Waals surface area contributed by atoms with Crippen molar-refractivity contribution in [3.05, 3.63) is 33.2 Å². The van der Waals surface area contributed by atoms with Crippen LogP contribution in [0.3, 0.4) is 0 Å². The third-order valence-electron chi connectivity index (χ3n) is 1.69. The largest absolute Gasteiger partial charge is 0.328 e. The summed E-state index contributed by atoms with van der Waals surface area (Å²) in [5.74, 6) is 0. The Kier molecular flexibility index (Phi) is 3.36.